The first-order valence-corrected chi connectivity index (χ1v) is 8.34. The minimum atomic E-state index is 0.798. The van der Waals surface area contributed by atoms with E-state index in [1.807, 2.05) is 31.0 Å². The van der Waals surface area contributed by atoms with Crippen LogP contribution in [0, 0.1) is 6.92 Å². The monoisotopic (exact) mass is 369 g/mol. The third-order valence-corrected chi connectivity index (χ3v) is 4.59. The summed E-state index contributed by atoms with van der Waals surface area (Å²) in [6, 6.07) is 4.20. The number of hydrogen-bond donors (Lipinski definition) is 1. The molecule has 0 bridgehead atoms. The van der Waals surface area contributed by atoms with Gasteiger partial charge in [0.15, 0.2) is 5.96 Å². The predicted molar refractivity (Wildman–Crippen MR) is 91.8 cm³/mol. The molecule has 2 rings (SSSR count). The van der Waals surface area contributed by atoms with E-state index in [0.717, 1.165) is 29.4 Å². The first-order chi connectivity index (χ1) is 10.1. The third kappa shape index (κ3) is 4.86. The van der Waals surface area contributed by atoms with E-state index in [1.165, 1.54) is 10.4 Å². The molecule has 0 aliphatic heterocycles. The van der Waals surface area contributed by atoms with Gasteiger partial charge in [0.05, 0.1) is 23.1 Å². The SMILES string of the molecule is CN=C(NCCn1cc(C)cn1)N(C)Cc1ccc(Br)s1. The average molecular weight is 370 g/mol. The normalized spacial score (nSPS) is 11.7. The predicted octanol–water partition coefficient (Wildman–Crippen LogP) is 2.72. The zero-order valence-corrected chi connectivity index (χ0v) is 14.9. The Labute approximate surface area is 137 Å². The fourth-order valence-corrected chi connectivity index (χ4v) is 3.54. The van der Waals surface area contributed by atoms with Crippen LogP contribution in [0.15, 0.2) is 33.3 Å². The summed E-state index contributed by atoms with van der Waals surface area (Å²) < 4.78 is 3.09. The number of nitrogens with zero attached hydrogens (tertiary/aromatic N) is 4. The lowest BCUT2D eigenvalue weighted by atomic mass is 10.4. The van der Waals surface area contributed by atoms with E-state index in [4.69, 9.17) is 0 Å². The number of guanidine groups is 1. The van der Waals surface area contributed by atoms with Crippen molar-refractivity contribution < 1.29 is 0 Å². The maximum Gasteiger partial charge on any atom is 0.193 e. The Bertz CT molecular complexity index is 604. The van der Waals surface area contributed by atoms with Gasteiger partial charge < -0.3 is 10.2 Å². The summed E-state index contributed by atoms with van der Waals surface area (Å²) in [4.78, 5) is 7.74. The molecule has 0 saturated heterocycles. The van der Waals surface area contributed by atoms with Crippen LogP contribution in [0.3, 0.4) is 0 Å². The molecular weight excluding hydrogens is 350 g/mol. The average Bonchev–Trinajstić information content (AvgIpc) is 3.03. The lowest BCUT2D eigenvalue weighted by Crippen LogP contribution is -2.39. The highest BCUT2D eigenvalue weighted by atomic mass is 79.9. The molecule has 5 nitrogen and oxygen atoms in total. The summed E-state index contributed by atoms with van der Waals surface area (Å²) in [6.07, 6.45) is 3.91. The molecule has 0 amide bonds. The second-order valence-corrected chi connectivity index (χ2v) is 7.36. The molecule has 0 saturated carbocycles. The molecule has 1 N–H and O–H groups in total. The van der Waals surface area contributed by atoms with Crippen LogP contribution >= 0.6 is 27.3 Å². The lowest BCUT2D eigenvalue weighted by molar-refractivity contribution is 0.474. The van der Waals surface area contributed by atoms with Gasteiger partial charge in [-0.1, -0.05) is 0 Å². The molecule has 0 atom stereocenters. The Morgan fingerprint density at radius 1 is 1.52 bits per heavy atom. The smallest absolute Gasteiger partial charge is 0.193 e. The fourth-order valence-electron chi connectivity index (χ4n) is 2.00. The Hall–Kier alpha value is -1.34. The van der Waals surface area contributed by atoms with E-state index >= 15 is 0 Å². The number of thiophene rings is 1. The summed E-state index contributed by atoms with van der Waals surface area (Å²) in [5.74, 6) is 0.892. The van der Waals surface area contributed by atoms with Gasteiger partial charge in [0, 0.05) is 31.7 Å². The Kier molecular flexibility index (Phi) is 5.81. The van der Waals surface area contributed by atoms with Crippen LogP contribution in [0.25, 0.3) is 0 Å². The molecular formula is C14H20BrN5S. The fraction of sp³-hybridized carbons (Fsp3) is 0.429. The second kappa shape index (κ2) is 7.61. The van der Waals surface area contributed by atoms with Gasteiger partial charge in [0.25, 0.3) is 0 Å². The van der Waals surface area contributed by atoms with Crippen molar-refractivity contribution >= 4 is 33.2 Å². The summed E-state index contributed by atoms with van der Waals surface area (Å²) in [7, 11) is 3.85. The largest absolute Gasteiger partial charge is 0.354 e. The maximum atomic E-state index is 4.32. The third-order valence-electron chi connectivity index (χ3n) is 2.98. The molecule has 0 aromatic carbocycles. The van der Waals surface area contributed by atoms with Crippen molar-refractivity contribution in [1.29, 1.82) is 0 Å². The lowest BCUT2D eigenvalue weighted by Gasteiger charge is -2.21. The second-order valence-electron chi connectivity index (χ2n) is 4.82. The van der Waals surface area contributed by atoms with E-state index < -0.39 is 0 Å². The van der Waals surface area contributed by atoms with Gasteiger partial charge in [-0.3, -0.25) is 9.67 Å². The van der Waals surface area contributed by atoms with Crippen molar-refractivity contribution in [2.24, 2.45) is 4.99 Å². The highest BCUT2D eigenvalue weighted by molar-refractivity contribution is 9.11. The standard InChI is InChI=1S/C14H20BrN5S/c1-11-8-18-20(9-11)7-6-17-14(16-2)19(3)10-12-4-5-13(15)21-12/h4-5,8-9H,6-7,10H2,1-3H3,(H,16,17). The molecule has 0 aliphatic carbocycles. The molecule has 0 unspecified atom stereocenters. The molecule has 0 radical (unpaired) electrons. The van der Waals surface area contributed by atoms with Crippen molar-refractivity contribution in [1.82, 2.24) is 20.0 Å². The van der Waals surface area contributed by atoms with Gasteiger partial charge in [0.2, 0.25) is 0 Å². The molecule has 2 heterocycles. The van der Waals surface area contributed by atoms with Gasteiger partial charge >= 0.3 is 0 Å². The molecule has 7 heteroatoms. The Morgan fingerprint density at radius 3 is 2.90 bits per heavy atom. The summed E-state index contributed by atoms with van der Waals surface area (Å²) in [5, 5.41) is 7.64. The van der Waals surface area contributed by atoms with Crippen LogP contribution < -0.4 is 5.32 Å². The molecule has 2 aromatic rings. The van der Waals surface area contributed by atoms with E-state index in [0.29, 0.717) is 0 Å². The molecule has 0 spiro atoms. The van der Waals surface area contributed by atoms with Gasteiger partial charge in [-0.15, -0.1) is 11.3 Å². The highest BCUT2D eigenvalue weighted by Crippen LogP contribution is 2.22. The van der Waals surface area contributed by atoms with Crippen molar-refractivity contribution in [3.63, 3.8) is 0 Å². The number of halogens is 1. The van der Waals surface area contributed by atoms with Crippen LogP contribution in [-0.2, 0) is 13.1 Å². The van der Waals surface area contributed by atoms with Gasteiger partial charge in [-0.25, -0.2) is 0 Å². The first-order valence-electron chi connectivity index (χ1n) is 6.73. The minimum Gasteiger partial charge on any atom is -0.354 e. The molecule has 0 fully saturated rings. The van der Waals surface area contributed by atoms with Gasteiger partial charge in [-0.2, -0.15) is 5.10 Å². The highest BCUT2D eigenvalue weighted by Gasteiger charge is 2.07. The van der Waals surface area contributed by atoms with Gasteiger partial charge in [-0.05, 0) is 40.5 Å². The number of aliphatic imine (C=N–C) groups is 1. The number of rotatable bonds is 5. The van der Waals surface area contributed by atoms with Crippen molar-refractivity contribution in [3.05, 3.63) is 38.8 Å². The summed E-state index contributed by atoms with van der Waals surface area (Å²) in [6.45, 7) is 4.51. The zero-order valence-electron chi connectivity index (χ0n) is 12.5. The van der Waals surface area contributed by atoms with Gasteiger partial charge in [0.1, 0.15) is 0 Å². The zero-order chi connectivity index (χ0) is 15.2. The topological polar surface area (TPSA) is 45.5 Å². The number of hydrogen-bond acceptors (Lipinski definition) is 3. The van der Waals surface area contributed by atoms with E-state index in [9.17, 15) is 0 Å². The first kappa shape index (κ1) is 16.0. The van der Waals surface area contributed by atoms with Crippen LogP contribution in [0.2, 0.25) is 0 Å². The maximum absolute atomic E-state index is 4.32. The van der Waals surface area contributed by atoms with Crippen LogP contribution in [0.5, 0.6) is 0 Å². The van der Waals surface area contributed by atoms with Crippen molar-refractivity contribution in [2.75, 3.05) is 20.6 Å². The summed E-state index contributed by atoms with van der Waals surface area (Å²) >= 11 is 5.24. The number of aryl methyl sites for hydroxylation is 1. The Morgan fingerprint density at radius 2 is 2.33 bits per heavy atom. The van der Waals surface area contributed by atoms with Crippen LogP contribution in [0.4, 0.5) is 0 Å². The van der Waals surface area contributed by atoms with Crippen molar-refractivity contribution in [2.45, 2.75) is 20.0 Å². The van der Waals surface area contributed by atoms with E-state index in [-0.39, 0.29) is 0 Å². The van der Waals surface area contributed by atoms with E-state index in [1.54, 1.807) is 18.4 Å². The molecule has 114 valence electrons. The Balaban J connectivity index is 1.82. The van der Waals surface area contributed by atoms with Crippen LogP contribution in [-0.4, -0.2) is 41.3 Å². The quantitative estimate of drug-likeness (QED) is 0.650. The molecule has 2 aromatic heterocycles. The number of nitrogens with one attached hydrogen (secondary N) is 1. The minimum absolute atomic E-state index is 0.798. The molecule has 0 aliphatic rings. The van der Waals surface area contributed by atoms with Crippen molar-refractivity contribution in [3.8, 4) is 0 Å². The van der Waals surface area contributed by atoms with E-state index in [2.05, 4.69) is 48.4 Å². The molecule has 21 heavy (non-hydrogen) atoms. The number of aromatic nitrogens is 2. The van der Waals surface area contributed by atoms with Crippen LogP contribution in [0.1, 0.15) is 10.4 Å². The summed E-state index contributed by atoms with van der Waals surface area (Å²) in [5.41, 5.74) is 1.18.